The Morgan fingerprint density at radius 3 is 2.65 bits per heavy atom. The molecule has 1 heterocycles. The molecule has 0 aromatic heterocycles. The van der Waals surface area contributed by atoms with Crippen molar-refractivity contribution in [2.45, 2.75) is 12.3 Å². The Bertz CT molecular complexity index is 734. The lowest BCUT2D eigenvalue weighted by Crippen LogP contribution is -2.37. The van der Waals surface area contributed by atoms with E-state index in [1.807, 2.05) is 6.07 Å². The number of ether oxygens (including phenoxy) is 1. The second kappa shape index (κ2) is 5.94. The smallest absolute Gasteiger partial charge is 0.416 e. The summed E-state index contributed by atoms with van der Waals surface area (Å²) in [5.74, 6) is 0.552. The third kappa shape index (κ3) is 3.09. The molecule has 23 heavy (non-hydrogen) atoms. The van der Waals surface area contributed by atoms with Crippen molar-refractivity contribution >= 4 is 17.3 Å². The van der Waals surface area contributed by atoms with Gasteiger partial charge in [0.1, 0.15) is 6.10 Å². The molecule has 0 fully saturated rings. The molecule has 1 aliphatic heterocycles. The highest BCUT2D eigenvalue weighted by Crippen LogP contribution is 2.43. The Morgan fingerprint density at radius 1 is 1.22 bits per heavy atom. The van der Waals surface area contributed by atoms with E-state index in [0.717, 1.165) is 17.8 Å². The van der Waals surface area contributed by atoms with Crippen LogP contribution in [0, 0.1) is 0 Å². The maximum Gasteiger partial charge on any atom is 0.416 e. The predicted molar refractivity (Wildman–Crippen MR) is 83.9 cm³/mol. The van der Waals surface area contributed by atoms with Crippen molar-refractivity contribution in [3.63, 3.8) is 0 Å². The topological polar surface area (TPSA) is 47.3 Å². The van der Waals surface area contributed by atoms with Gasteiger partial charge in [-0.1, -0.05) is 29.8 Å². The first-order valence-corrected chi connectivity index (χ1v) is 7.38. The van der Waals surface area contributed by atoms with E-state index < -0.39 is 11.7 Å². The molecule has 3 N–H and O–H groups in total. The van der Waals surface area contributed by atoms with Gasteiger partial charge in [-0.3, -0.25) is 0 Å². The highest BCUT2D eigenvalue weighted by molar-refractivity contribution is 6.33. The molecule has 2 aromatic carbocycles. The molecular weight excluding hydrogens is 329 g/mol. The van der Waals surface area contributed by atoms with Gasteiger partial charge in [-0.25, -0.2) is 0 Å². The standard InChI is InChI=1S/C16H14ClF3N2O/c17-13-6-9(16(18,19)20)4-5-11(13)12-2-1-3-14-15(12)23-10(7-21)8-22-14/h1-6,10,22H,7-8,21H2. The normalized spacial score (nSPS) is 17.2. The lowest BCUT2D eigenvalue weighted by molar-refractivity contribution is -0.137. The summed E-state index contributed by atoms with van der Waals surface area (Å²) in [6.45, 7) is 0.912. The zero-order valence-corrected chi connectivity index (χ0v) is 12.7. The molecule has 1 atom stereocenters. The molecule has 3 rings (SSSR count). The molecule has 3 nitrogen and oxygen atoms in total. The molecule has 0 spiro atoms. The number of rotatable bonds is 2. The first-order valence-electron chi connectivity index (χ1n) is 7.01. The summed E-state index contributed by atoms with van der Waals surface area (Å²) in [5, 5.41) is 3.22. The van der Waals surface area contributed by atoms with Crippen LogP contribution in [-0.4, -0.2) is 19.2 Å². The van der Waals surface area contributed by atoms with Gasteiger partial charge in [-0.15, -0.1) is 0 Å². The van der Waals surface area contributed by atoms with E-state index in [-0.39, 0.29) is 11.1 Å². The van der Waals surface area contributed by atoms with Crippen LogP contribution in [0.2, 0.25) is 5.02 Å². The van der Waals surface area contributed by atoms with Crippen molar-refractivity contribution in [2.75, 3.05) is 18.4 Å². The van der Waals surface area contributed by atoms with Gasteiger partial charge in [0.15, 0.2) is 5.75 Å². The minimum absolute atomic E-state index is 0.0201. The Morgan fingerprint density at radius 2 is 2.00 bits per heavy atom. The van der Waals surface area contributed by atoms with Gasteiger partial charge in [-0.05, 0) is 18.2 Å². The van der Waals surface area contributed by atoms with E-state index in [1.54, 1.807) is 12.1 Å². The first kappa shape index (κ1) is 16.0. The van der Waals surface area contributed by atoms with Crippen LogP contribution < -0.4 is 15.8 Å². The third-order valence-electron chi connectivity index (χ3n) is 3.67. The fourth-order valence-corrected chi connectivity index (χ4v) is 2.77. The lowest BCUT2D eigenvalue weighted by atomic mass is 10.0. The van der Waals surface area contributed by atoms with E-state index in [1.165, 1.54) is 6.07 Å². The molecule has 0 saturated heterocycles. The number of fused-ring (bicyclic) bond motifs is 1. The molecule has 0 aliphatic carbocycles. The van der Waals surface area contributed by atoms with Gasteiger partial charge in [0.2, 0.25) is 0 Å². The molecule has 122 valence electrons. The number of benzene rings is 2. The van der Waals surface area contributed by atoms with Crippen LogP contribution in [0.5, 0.6) is 5.75 Å². The number of nitrogens with one attached hydrogen (secondary N) is 1. The Hall–Kier alpha value is -1.92. The predicted octanol–water partition coefficient (Wildman–Crippen LogP) is 4.16. The van der Waals surface area contributed by atoms with E-state index in [4.69, 9.17) is 22.1 Å². The van der Waals surface area contributed by atoms with Crippen LogP contribution in [0.3, 0.4) is 0 Å². The summed E-state index contributed by atoms with van der Waals surface area (Å²) in [4.78, 5) is 0. The van der Waals surface area contributed by atoms with Gasteiger partial charge in [0.05, 0.1) is 17.8 Å². The Kier molecular flexibility index (Phi) is 4.12. The fraction of sp³-hybridized carbons (Fsp3) is 0.250. The minimum atomic E-state index is -4.43. The summed E-state index contributed by atoms with van der Waals surface area (Å²) in [5.41, 5.74) is 6.73. The molecule has 1 aliphatic rings. The largest absolute Gasteiger partial charge is 0.484 e. The van der Waals surface area contributed by atoms with Crippen molar-refractivity contribution in [1.29, 1.82) is 0 Å². The van der Waals surface area contributed by atoms with Crippen molar-refractivity contribution in [1.82, 2.24) is 0 Å². The molecule has 2 aromatic rings. The van der Waals surface area contributed by atoms with E-state index in [9.17, 15) is 13.2 Å². The number of nitrogens with two attached hydrogens (primary N) is 1. The average Bonchev–Trinajstić information content (AvgIpc) is 2.53. The lowest BCUT2D eigenvalue weighted by Gasteiger charge is -2.28. The van der Waals surface area contributed by atoms with Crippen LogP contribution in [0.25, 0.3) is 11.1 Å². The number of para-hydroxylation sites is 1. The van der Waals surface area contributed by atoms with Gasteiger partial charge in [-0.2, -0.15) is 13.2 Å². The zero-order chi connectivity index (χ0) is 16.6. The number of hydrogen-bond acceptors (Lipinski definition) is 3. The van der Waals surface area contributed by atoms with E-state index in [2.05, 4.69) is 5.32 Å². The Labute approximate surface area is 136 Å². The van der Waals surface area contributed by atoms with E-state index >= 15 is 0 Å². The average molecular weight is 343 g/mol. The molecule has 0 saturated carbocycles. The summed E-state index contributed by atoms with van der Waals surface area (Å²) in [6, 6.07) is 8.68. The van der Waals surface area contributed by atoms with Crippen LogP contribution in [0.15, 0.2) is 36.4 Å². The van der Waals surface area contributed by atoms with Crippen molar-refractivity contribution < 1.29 is 17.9 Å². The molecule has 7 heteroatoms. The van der Waals surface area contributed by atoms with Gasteiger partial charge in [0, 0.05) is 22.7 Å². The van der Waals surface area contributed by atoms with Crippen molar-refractivity contribution in [3.05, 3.63) is 47.0 Å². The minimum Gasteiger partial charge on any atom is -0.484 e. The SMILES string of the molecule is NCC1CNc2cccc(-c3ccc(C(F)(F)F)cc3Cl)c2O1. The maximum atomic E-state index is 12.8. The molecule has 1 unspecified atom stereocenters. The van der Waals surface area contributed by atoms with Crippen molar-refractivity contribution in [3.8, 4) is 16.9 Å². The summed E-state index contributed by atoms with van der Waals surface area (Å²) < 4.78 is 44.1. The fourth-order valence-electron chi connectivity index (χ4n) is 2.49. The monoisotopic (exact) mass is 342 g/mol. The van der Waals surface area contributed by atoms with Crippen molar-refractivity contribution in [2.24, 2.45) is 5.73 Å². The summed E-state index contributed by atoms with van der Waals surface area (Å²) in [6.07, 6.45) is -4.63. The highest BCUT2D eigenvalue weighted by atomic mass is 35.5. The molecule has 0 bridgehead atoms. The zero-order valence-electron chi connectivity index (χ0n) is 12.0. The molecular formula is C16H14ClF3N2O. The third-order valence-corrected chi connectivity index (χ3v) is 3.98. The number of hydrogen-bond donors (Lipinski definition) is 2. The van der Waals surface area contributed by atoms with Gasteiger partial charge < -0.3 is 15.8 Å². The second-order valence-corrected chi connectivity index (χ2v) is 5.64. The highest BCUT2D eigenvalue weighted by Gasteiger charge is 2.31. The summed E-state index contributed by atoms with van der Waals surface area (Å²) >= 11 is 6.08. The van der Waals surface area contributed by atoms with Crippen LogP contribution in [0.1, 0.15) is 5.56 Å². The Balaban J connectivity index is 2.06. The number of alkyl halides is 3. The van der Waals surface area contributed by atoms with Crippen LogP contribution in [-0.2, 0) is 6.18 Å². The maximum absolute atomic E-state index is 12.8. The number of anilines is 1. The molecule has 0 radical (unpaired) electrons. The first-order chi connectivity index (χ1) is 10.9. The van der Waals surface area contributed by atoms with Crippen LogP contribution >= 0.6 is 11.6 Å². The van der Waals surface area contributed by atoms with E-state index in [0.29, 0.717) is 30.0 Å². The molecule has 0 amide bonds. The second-order valence-electron chi connectivity index (χ2n) is 5.23. The van der Waals surface area contributed by atoms with Gasteiger partial charge in [0.25, 0.3) is 0 Å². The summed E-state index contributed by atoms with van der Waals surface area (Å²) in [7, 11) is 0. The van der Waals surface area contributed by atoms with Crippen LogP contribution in [0.4, 0.5) is 18.9 Å². The number of halogens is 4. The quantitative estimate of drug-likeness (QED) is 0.861. The van der Waals surface area contributed by atoms with Gasteiger partial charge >= 0.3 is 6.18 Å².